The van der Waals surface area contributed by atoms with Gasteiger partial charge in [-0.05, 0) is 23.8 Å². The van der Waals surface area contributed by atoms with Crippen molar-refractivity contribution >= 4 is 16.8 Å². The standard InChI is InChI=1S/C15H11FN4O3/c16-20-13(19-11-4-2-1-3-10(11)15(20)23)14(22)18-8-9-5-6-17-12(21)7-9/h1-7H,8H2,(H,17,21)(H,18,22). The molecule has 0 bridgehead atoms. The molecule has 0 fully saturated rings. The van der Waals surface area contributed by atoms with E-state index in [0.29, 0.717) is 5.56 Å². The number of halogens is 1. The molecule has 23 heavy (non-hydrogen) atoms. The average molecular weight is 314 g/mol. The highest BCUT2D eigenvalue weighted by Gasteiger charge is 2.17. The number of fused-ring (bicyclic) bond motifs is 1. The zero-order chi connectivity index (χ0) is 16.4. The van der Waals surface area contributed by atoms with Crippen molar-refractivity contribution in [1.29, 1.82) is 0 Å². The first-order chi connectivity index (χ1) is 11.1. The zero-order valence-electron chi connectivity index (χ0n) is 11.7. The van der Waals surface area contributed by atoms with Gasteiger partial charge in [0.05, 0.1) is 10.9 Å². The number of amides is 1. The number of H-pyrrole nitrogens is 1. The fourth-order valence-corrected chi connectivity index (χ4v) is 2.11. The van der Waals surface area contributed by atoms with E-state index in [4.69, 9.17) is 0 Å². The maximum atomic E-state index is 14.0. The Labute approximate surface area is 128 Å². The van der Waals surface area contributed by atoms with Crippen molar-refractivity contribution in [3.63, 3.8) is 0 Å². The smallest absolute Gasteiger partial charge is 0.290 e. The maximum absolute atomic E-state index is 14.0. The second-order valence-corrected chi connectivity index (χ2v) is 4.78. The normalized spacial score (nSPS) is 10.7. The molecule has 0 saturated heterocycles. The molecular weight excluding hydrogens is 303 g/mol. The summed E-state index contributed by atoms with van der Waals surface area (Å²) in [6.45, 7) is 0.00541. The Hall–Kier alpha value is -3.29. The number of aromatic nitrogens is 3. The molecular formula is C15H11FN4O3. The monoisotopic (exact) mass is 314 g/mol. The van der Waals surface area contributed by atoms with Gasteiger partial charge in [0.1, 0.15) is 0 Å². The van der Waals surface area contributed by atoms with Crippen LogP contribution in [0.4, 0.5) is 4.48 Å². The Morgan fingerprint density at radius 1 is 1.26 bits per heavy atom. The molecule has 2 heterocycles. The summed E-state index contributed by atoms with van der Waals surface area (Å²) in [7, 11) is 0. The third-order valence-corrected chi connectivity index (χ3v) is 3.22. The summed E-state index contributed by atoms with van der Waals surface area (Å²) in [5.74, 6) is -1.49. The number of carbonyl (C=O) groups excluding carboxylic acids is 1. The van der Waals surface area contributed by atoms with Gasteiger partial charge in [-0.3, -0.25) is 14.4 Å². The second-order valence-electron chi connectivity index (χ2n) is 4.78. The number of pyridine rings is 1. The molecule has 1 aromatic carbocycles. The lowest BCUT2D eigenvalue weighted by Crippen LogP contribution is -2.31. The lowest BCUT2D eigenvalue weighted by atomic mass is 10.2. The largest absolute Gasteiger partial charge is 0.345 e. The fourth-order valence-electron chi connectivity index (χ4n) is 2.11. The number of para-hydroxylation sites is 1. The number of nitrogens with one attached hydrogen (secondary N) is 2. The van der Waals surface area contributed by atoms with Gasteiger partial charge in [-0.15, -0.1) is 4.79 Å². The van der Waals surface area contributed by atoms with Crippen molar-refractivity contribution in [2.75, 3.05) is 0 Å². The van der Waals surface area contributed by atoms with Gasteiger partial charge >= 0.3 is 0 Å². The highest BCUT2D eigenvalue weighted by molar-refractivity contribution is 5.92. The van der Waals surface area contributed by atoms with Gasteiger partial charge < -0.3 is 10.3 Å². The van der Waals surface area contributed by atoms with Crippen LogP contribution in [0.1, 0.15) is 16.2 Å². The predicted octanol–water partition coefficient (Wildman–Crippen LogP) is 0.747. The Bertz CT molecular complexity index is 1010. The number of nitrogens with zero attached hydrogens (tertiary/aromatic N) is 2. The Kier molecular flexibility index (Phi) is 3.71. The first-order valence-corrected chi connectivity index (χ1v) is 6.70. The number of hydrogen-bond acceptors (Lipinski definition) is 4. The fraction of sp³-hybridized carbons (Fsp3) is 0.0667. The highest BCUT2D eigenvalue weighted by Crippen LogP contribution is 2.08. The van der Waals surface area contributed by atoms with Crippen LogP contribution in [-0.4, -0.2) is 20.7 Å². The van der Waals surface area contributed by atoms with Crippen molar-refractivity contribution in [2.24, 2.45) is 0 Å². The van der Waals surface area contributed by atoms with Crippen molar-refractivity contribution in [2.45, 2.75) is 6.54 Å². The van der Waals surface area contributed by atoms with Crippen LogP contribution in [0.2, 0.25) is 0 Å². The van der Waals surface area contributed by atoms with Crippen molar-refractivity contribution in [3.05, 3.63) is 74.7 Å². The van der Waals surface area contributed by atoms with Gasteiger partial charge in [0.2, 0.25) is 11.4 Å². The molecule has 116 valence electrons. The van der Waals surface area contributed by atoms with Crippen molar-refractivity contribution in [3.8, 4) is 0 Å². The molecule has 0 unspecified atom stereocenters. The van der Waals surface area contributed by atoms with Gasteiger partial charge in [0.15, 0.2) is 0 Å². The van der Waals surface area contributed by atoms with E-state index in [9.17, 15) is 18.9 Å². The van der Waals surface area contributed by atoms with Gasteiger partial charge in [0.25, 0.3) is 11.5 Å². The highest BCUT2D eigenvalue weighted by atomic mass is 19.2. The molecule has 2 aromatic heterocycles. The van der Waals surface area contributed by atoms with Gasteiger partial charge in [0, 0.05) is 18.8 Å². The lowest BCUT2D eigenvalue weighted by Gasteiger charge is -2.07. The molecule has 0 aliphatic heterocycles. The van der Waals surface area contributed by atoms with E-state index in [0.717, 1.165) is 0 Å². The molecule has 0 radical (unpaired) electrons. The van der Waals surface area contributed by atoms with E-state index >= 15 is 0 Å². The number of aromatic amines is 1. The van der Waals surface area contributed by atoms with Crippen LogP contribution in [0.15, 0.2) is 52.2 Å². The van der Waals surface area contributed by atoms with Crippen molar-refractivity contribution in [1.82, 2.24) is 20.1 Å². The quantitative estimate of drug-likeness (QED) is 0.745. The van der Waals surface area contributed by atoms with Crippen LogP contribution in [-0.2, 0) is 6.54 Å². The number of hydrogen-bond donors (Lipinski definition) is 2. The minimum atomic E-state index is -0.947. The number of benzene rings is 1. The van der Waals surface area contributed by atoms with Gasteiger partial charge in [-0.1, -0.05) is 16.6 Å². The van der Waals surface area contributed by atoms with E-state index < -0.39 is 17.3 Å². The molecule has 0 aliphatic rings. The van der Waals surface area contributed by atoms with E-state index in [1.54, 1.807) is 18.2 Å². The Morgan fingerprint density at radius 2 is 2.04 bits per heavy atom. The minimum absolute atomic E-state index is 0.00541. The lowest BCUT2D eigenvalue weighted by molar-refractivity contribution is 0.0921. The minimum Gasteiger partial charge on any atom is -0.345 e. The van der Waals surface area contributed by atoms with Crippen LogP contribution in [0.5, 0.6) is 0 Å². The first kappa shape index (κ1) is 14.6. The molecule has 0 spiro atoms. The third kappa shape index (κ3) is 2.86. The van der Waals surface area contributed by atoms with Crippen LogP contribution < -0.4 is 16.4 Å². The number of carbonyl (C=O) groups is 1. The number of rotatable bonds is 3. The van der Waals surface area contributed by atoms with Crippen LogP contribution in [0.25, 0.3) is 10.9 Å². The summed E-state index contributed by atoms with van der Waals surface area (Å²) in [4.78, 5) is 41.2. The topological polar surface area (TPSA) is 96.8 Å². The van der Waals surface area contributed by atoms with Crippen molar-refractivity contribution < 1.29 is 9.28 Å². The van der Waals surface area contributed by atoms with E-state index in [-0.39, 0.29) is 27.8 Å². The molecule has 2 N–H and O–H groups in total. The molecule has 0 saturated carbocycles. The predicted molar refractivity (Wildman–Crippen MR) is 80.7 cm³/mol. The Morgan fingerprint density at radius 3 is 2.83 bits per heavy atom. The third-order valence-electron chi connectivity index (χ3n) is 3.22. The molecule has 7 nitrogen and oxygen atoms in total. The van der Waals surface area contributed by atoms with Crippen LogP contribution in [0, 0.1) is 0 Å². The SMILES string of the molecule is O=C(NCc1cc[nH]c(=O)c1)c1nc2ccccc2c(=O)n1F. The Balaban J connectivity index is 1.90. The summed E-state index contributed by atoms with van der Waals surface area (Å²) in [5.41, 5.74) is -0.497. The van der Waals surface area contributed by atoms with Gasteiger partial charge in [-0.2, -0.15) is 0 Å². The second kappa shape index (κ2) is 5.84. The van der Waals surface area contributed by atoms with Crippen LogP contribution >= 0.6 is 0 Å². The maximum Gasteiger partial charge on any atom is 0.290 e. The summed E-state index contributed by atoms with van der Waals surface area (Å²) < 4.78 is 14.0. The van der Waals surface area contributed by atoms with E-state index in [1.165, 1.54) is 24.4 Å². The summed E-state index contributed by atoms with van der Waals surface area (Å²) in [5, 5.41) is 2.51. The average Bonchev–Trinajstić information content (AvgIpc) is 2.56. The zero-order valence-corrected chi connectivity index (χ0v) is 11.7. The summed E-state index contributed by atoms with van der Waals surface area (Å²) >= 11 is 0. The molecule has 3 rings (SSSR count). The van der Waals surface area contributed by atoms with Crippen LogP contribution in [0.3, 0.4) is 0 Å². The first-order valence-electron chi connectivity index (χ1n) is 6.70. The van der Waals surface area contributed by atoms with E-state index in [1.807, 2.05) is 0 Å². The van der Waals surface area contributed by atoms with E-state index in [2.05, 4.69) is 15.3 Å². The van der Waals surface area contributed by atoms with Gasteiger partial charge in [-0.25, -0.2) is 4.98 Å². The molecule has 0 atom stereocenters. The summed E-state index contributed by atoms with van der Waals surface area (Å²) in [6.07, 6.45) is 1.43. The molecule has 1 amide bonds. The summed E-state index contributed by atoms with van der Waals surface area (Å²) in [6, 6.07) is 9.06. The molecule has 3 aromatic rings. The molecule has 8 heteroatoms. The molecule has 0 aliphatic carbocycles.